The smallest absolute Gasteiger partial charge is 0.273 e. The number of rotatable bonds is 6. The van der Waals surface area contributed by atoms with E-state index in [9.17, 15) is 14.9 Å². The van der Waals surface area contributed by atoms with Crippen molar-refractivity contribution < 1.29 is 9.72 Å². The molecule has 1 N–H and O–H groups in total. The van der Waals surface area contributed by atoms with Crippen molar-refractivity contribution in [1.82, 2.24) is 10.2 Å². The maximum atomic E-state index is 13.5. The van der Waals surface area contributed by atoms with Gasteiger partial charge in [-0.25, -0.2) is 0 Å². The summed E-state index contributed by atoms with van der Waals surface area (Å²) in [7, 11) is 0. The summed E-state index contributed by atoms with van der Waals surface area (Å²) in [6.07, 6.45) is 3.64. The van der Waals surface area contributed by atoms with Gasteiger partial charge in [-0.1, -0.05) is 19.4 Å². The van der Waals surface area contributed by atoms with Crippen LogP contribution < -0.4 is 5.32 Å². The van der Waals surface area contributed by atoms with E-state index in [1.807, 2.05) is 4.90 Å². The van der Waals surface area contributed by atoms with E-state index in [4.69, 9.17) is 0 Å². The lowest BCUT2D eigenvalue weighted by atomic mass is 9.78. The standard InChI is InChI=1S/C21H33N3O3/c1-7-8-12-23(16-13-20(3,4)22-21(5,6)14-16)19(25)17-10-9-11-18(15(17)2)24(26)27/h9-11,16,22H,7-8,12-14H2,1-6H3. The average Bonchev–Trinajstić information content (AvgIpc) is 2.52. The van der Waals surface area contributed by atoms with Crippen LogP contribution >= 0.6 is 0 Å². The van der Waals surface area contributed by atoms with E-state index in [1.54, 1.807) is 19.1 Å². The van der Waals surface area contributed by atoms with Crippen LogP contribution in [0, 0.1) is 17.0 Å². The number of nitrogens with one attached hydrogen (secondary N) is 1. The number of benzene rings is 1. The van der Waals surface area contributed by atoms with E-state index in [1.165, 1.54) is 6.07 Å². The first kappa shape index (κ1) is 21.4. The SMILES string of the molecule is CCCCN(C(=O)c1cccc([N+](=O)[O-])c1C)C1CC(C)(C)NC(C)(C)C1. The van der Waals surface area contributed by atoms with Crippen molar-refractivity contribution in [3.63, 3.8) is 0 Å². The topological polar surface area (TPSA) is 75.5 Å². The Balaban J connectivity index is 2.40. The number of carbonyl (C=O) groups excluding carboxylic acids is 1. The molecule has 0 bridgehead atoms. The maximum Gasteiger partial charge on any atom is 0.273 e. The molecule has 1 aliphatic heterocycles. The van der Waals surface area contributed by atoms with E-state index in [-0.39, 0.29) is 28.7 Å². The Kier molecular flexibility index (Phi) is 6.30. The van der Waals surface area contributed by atoms with Crippen LogP contribution in [0.25, 0.3) is 0 Å². The molecule has 6 heteroatoms. The van der Waals surface area contributed by atoms with Gasteiger partial charge in [0.15, 0.2) is 0 Å². The minimum Gasteiger partial charge on any atom is -0.336 e. The van der Waals surface area contributed by atoms with Gasteiger partial charge in [-0.3, -0.25) is 14.9 Å². The van der Waals surface area contributed by atoms with Crippen molar-refractivity contribution >= 4 is 11.6 Å². The highest BCUT2D eigenvalue weighted by Gasteiger charge is 2.41. The van der Waals surface area contributed by atoms with E-state index < -0.39 is 4.92 Å². The highest BCUT2D eigenvalue weighted by molar-refractivity contribution is 5.96. The number of piperidine rings is 1. The molecule has 1 amide bonds. The predicted molar refractivity (Wildman–Crippen MR) is 108 cm³/mol. The molecule has 1 fully saturated rings. The Labute approximate surface area is 162 Å². The summed E-state index contributed by atoms with van der Waals surface area (Å²) in [5.74, 6) is -0.0943. The second-order valence-corrected chi connectivity index (χ2v) is 9.01. The number of carbonyl (C=O) groups is 1. The Bertz CT molecular complexity index is 697. The molecule has 1 aromatic carbocycles. The average molecular weight is 376 g/mol. The van der Waals surface area contributed by atoms with Gasteiger partial charge in [0.25, 0.3) is 11.6 Å². The van der Waals surface area contributed by atoms with Crippen LogP contribution in [0.5, 0.6) is 0 Å². The molecule has 0 radical (unpaired) electrons. The fourth-order valence-electron chi connectivity index (χ4n) is 4.47. The van der Waals surface area contributed by atoms with Crippen LogP contribution in [0.15, 0.2) is 18.2 Å². The van der Waals surface area contributed by atoms with Crippen LogP contribution in [-0.4, -0.2) is 39.4 Å². The third kappa shape index (κ3) is 5.06. The van der Waals surface area contributed by atoms with Crippen molar-refractivity contribution in [2.24, 2.45) is 0 Å². The number of amides is 1. The van der Waals surface area contributed by atoms with Crippen molar-refractivity contribution in [3.8, 4) is 0 Å². The van der Waals surface area contributed by atoms with Crippen molar-refractivity contribution in [2.45, 2.75) is 84.3 Å². The van der Waals surface area contributed by atoms with E-state index >= 15 is 0 Å². The van der Waals surface area contributed by atoms with Gasteiger partial charge in [0.1, 0.15) is 0 Å². The molecule has 1 saturated heterocycles. The summed E-state index contributed by atoms with van der Waals surface area (Å²) in [5.41, 5.74) is 0.738. The molecule has 27 heavy (non-hydrogen) atoms. The molecule has 2 rings (SSSR count). The lowest BCUT2D eigenvalue weighted by molar-refractivity contribution is -0.385. The largest absolute Gasteiger partial charge is 0.336 e. The molecule has 0 unspecified atom stereocenters. The minimum absolute atomic E-state index is 0.00209. The van der Waals surface area contributed by atoms with E-state index in [0.717, 1.165) is 25.7 Å². The number of hydrogen-bond donors (Lipinski definition) is 1. The summed E-state index contributed by atoms with van der Waals surface area (Å²) in [6, 6.07) is 4.88. The van der Waals surface area contributed by atoms with Crippen molar-refractivity contribution in [2.75, 3.05) is 6.54 Å². The Morgan fingerprint density at radius 1 is 1.26 bits per heavy atom. The second kappa shape index (κ2) is 7.97. The molecular weight excluding hydrogens is 342 g/mol. The fourth-order valence-corrected chi connectivity index (χ4v) is 4.47. The number of nitro benzene ring substituents is 1. The first-order chi connectivity index (χ1) is 12.5. The van der Waals surface area contributed by atoms with Crippen LogP contribution in [0.1, 0.15) is 76.2 Å². The fraction of sp³-hybridized carbons (Fsp3) is 0.667. The van der Waals surface area contributed by atoms with Gasteiger partial charge in [-0.2, -0.15) is 0 Å². The number of hydrogen-bond acceptors (Lipinski definition) is 4. The molecule has 1 aliphatic rings. The third-order valence-electron chi connectivity index (χ3n) is 5.36. The van der Waals surface area contributed by atoms with Gasteiger partial charge in [0.05, 0.1) is 4.92 Å². The van der Waals surface area contributed by atoms with Crippen LogP contribution in [0.2, 0.25) is 0 Å². The molecule has 0 aromatic heterocycles. The summed E-state index contributed by atoms with van der Waals surface area (Å²) in [5, 5.41) is 14.9. The molecular formula is C21H33N3O3. The van der Waals surface area contributed by atoms with E-state index in [2.05, 4.69) is 39.9 Å². The second-order valence-electron chi connectivity index (χ2n) is 9.01. The van der Waals surface area contributed by atoms with Crippen LogP contribution in [-0.2, 0) is 0 Å². The molecule has 0 spiro atoms. The lowest BCUT2D eigenvalue weighted by Gasteiger charge is -2.49. The van der Waals surface area contributed by atoms with Crippen LogP contribution in [0.3, 0.4) is 0 Å². The molecule has 150 valence electrons. The monoisotopic (exact) mass is 375 g/mol. The highest BCUT2D eigenvalue weighted by atomic mass is 16.6. The van der Waals surface area contributed by atoms with Crippen molar-refractivity contribution in [1.29, 1.82) is 0 Å². The number of unbranched alkanes of at least 4 members (excludes halogenated alkanes) is 1. The van der Waals surface area contributed by atoms with Gasteiger partial charge in [-0.05, 0) is 59.9 Å². The Morgan fingerprint density at radius 2 is 1.85 bits per heavy atom. The van der Waals surface area contributed by atoms with Gasteiger partial charge in [-0.15, -0.1) is 0 Å². The van der Waals surface area contributed by atoms with Crippen LogP contribution in [0.4, 0.5) is 5.69 Å². The summed E-state index contributed by atoms with van der Waals surface area (Å²) >= 11 is 0. The summed E-state index contributed by atoms with van der Waals surface area (Å²) in [4.78, 5) is 26.3. The van der Waals surface area contributed by atoms with E-state index in [0.29, 0.717) is 17.7 Å². The zero-order valence-electron chi connectivity index (χ0n) is 17.5. The normalized spacial score (nSPS) is 18.9. The molecule has 1 heterocycles. The highest BCUT2D eigenvalue weighted by Crippen LogP contribution is 2.33. The first-order valence-corrected chi connectivity index (χ1v) is 9.82. The third-order valence-corrected chi connectivity index (χ3v) is 5.36. The lowest BCUT2D eigenvalue weighted by Crippen LogP contribution is -2.63. The summed E-state index contributed by atoms with van der Waals surface area (Å²) < 4.78 is 0. The van der Waals surface area contributed by atoms with Crippen molar-refractivity contribution in [3.05, 3.63) is 39.4 Å². The van der Waals surface area contributed by atoms with Gasteiger partial charge < -0.3 is 10.2 Å². The minimum atomic E-state index is -0.417. The quantitative estimate of drug-likeness (QED) is 0.588. The van der Waals surface area contributed by atoms with Gasteiger partial charge in [0, 0.05) is 40.9 Å². The molecule has 6 nitrogen and oxygen atoms in total. The zero-order chi connectivity index (χ0) is 20.4. The number of nitro groups is 1. The summed E-state index contributed by atoms with van der Waals surface area (Å²) in [6.45, 7) is 13.1. The first-order valence-electron chi connectivity index (χ1n) is 9.82. The molecule has 0 saturated carbocycles. The molecule has 1 aromatic rings. The molecule has 0 atom stereocenters. The number of nitrogens with zero attached hydrogens (tertiary/aromatic N) is 2. The predicted octanol–water partition coefficient (Wildman–Crippen LogP) is 4.45. The Morgan fingerprint density at radius 3 is 2.37 bits per heavy atom. The molecule has 0 aliphatic carbocycles. The maximum absolute atomic E-state index is 13.5. The van der Waals surface area contributed by atoms with Gasteiger partial charge >= 0.3 is 0 Å². The van der Waals surface area contributed by atoms with Gasteiger partial charge in [0.2, 0.25) is 0 Å². The zero-order valence-corrected chi connectivity index (χ0v) is 17.5. The Hall–Kier alpha value is -1.95.